The summed E-state index contributed by atoms with van der Waals surface area (Å²) < 4.78 is 44.4. The summed E-state index contributed by atoms with van der Waals surface area (Å²) in [7, 11) is 1.32. The lowest BCUT2D eigenvalue weighted by molar-refractivity contribution is -0.143. The van der Waals surface area contributed by atoms with Crippen molar-refractivity contribution in [2.24, 2.45) is 0 Å². The fraction of sp³-hybridized carbons (Fsp3) is 0.182. The maximum Gasteiger partial charge on any atom is 0.435 e. The van der Waals surface area contributed by atoms with E-state index in [4.69, 9.17) is 4.74 Å². The van der Waals surface area contributed by atoms with Gasteiger partial charge in [-0.05, 0) is 12.1 Å². The van der Waals surface area contributed by atoms with Gasteiger partial charge >= 0.3 is 6.18 Å². The van der Waals surface area contributed by atoms with E-state index in [0.717, 1.165) is 0 Å². The lowest BCUT2D eigenvalue weighted by Gasteiger charge is -2.12. The van der Waals surface area contributed by atoms with E-state index in [1.54, 1.807) is 6.07 Å². The van der Waals surface area contributed by atoms with Gasteiger partial charge < -0.3 is 4.74 Å². The molecule has 0 N–H and O–H groups in total. The summed E-state index contributed by atoms with van der Waals surface area (Å²) in [5.41, 5.74) is -1.94. The number of carbonyl (C=O) groups is 1. The summed E-state index contributed by atoms with van der Waals surface area (Å²) in [6.07, 6.45) is -4.73. The minimum atomic E-state index is -4.75. The molecule has 0 aliphatic heterocycles. The Morgan fingerprint density at radius 1 is 1.32 bits per heavy atom. The highest BCUT2D eigenvalue weighted by molar-refractivity contribution is 5.74. The number of halogens is 3. The third kappa shape index (κ3) is 2.28. The number of para-hydroxylation sites is 2. The number of benzene rings is 1. The minimum Gasteiger partial charge on any atom is -0.494 e. The monoisotopic (exact) mass is 271 g/mol. The number of aldehydes is 1. The first-order valence-corrected chi connectivity index (χ1v) is 5.10. The van der Waals surface area contributed by atoms with Crippen molar-refractivity contribution >= 4 is 6.29 Å². The first-order chi connectivity index (χ1) is 8.99. The molecule has 0 bridgehead atoms. The second-order valence-electron chi connectivity index (χ2n) is 3.52. The van der Waals surface area contributed by atoms with E-state index in [1.165, 1.54) is 25.3 Å². The molecule has 0 saturated carbocycles. The molecular weight excluding hydrogens is 263 g/mol. The van der Waals surface area contributed by atoms with Gasteiger partial charge in [-0.3, -0.25) is 4.79 Å². The first-order valence-electron chi connectivity index (χ1n) is 5.10. The van der Waals surface area contributed by atoms with Crippen LogP contribution in [0.4, 0.5) is 13.2 Å². The van der Waals surface area contributed by atoms with Crippen LogP contribution >= 0.6 is 0 Å². The third-order valence-electron chi connectivity index (χ3n) is 2.39. The predicted molar refractivity (Wildman–Crippen MR) is 58.3 cm³/mol. The maximum absolute atomic E-state index is 12.9. The molecule has 0 aliphatic carbocycles. The van der Waals surface area contributed by atoms with Gasteiger partial charge in [-0.25, -0.2) is 4.68 Å². The number of aromatic nitrogens is 3. The average molecular weight is 271 g/mol. The summed E-state index contributed by atoms with van der Waals surface area (Å²) in [6, 6.07) is 6.00. The van der Waals surface area contributed by atoms with Crippen molar-refractivity contribution in [2.45, 2.75) is 6.18 Å². The van der Waals surface area contributed by atoms with Crippen molar-refractivity contribution in [1.82, 2.24) is 15.0 Å². The van der Waals surface area contributed by atoms with Crippen LogP contribution in [0.2, 0.25) is 0 Å². The number of carbonyl (C=O) groups excluding carboxylic acids is 1. The van der Waals surface area contributed by atoms with E-state index in [2.05, 4.69) is 10.3 Å². The molecule has 0 aliphatic rings. The van der Waals surface area contributed by atoms with Gasteiger partial charge in [0.1, 0.15) is 11.4 Å². The van der Waals surface area contributed by atoms with Gasteiger partial charge in [0.05, 0.1) is 7.11 Å². The predicted octanol–water partition coefficient (Wildman–Crippen LogP) is 2.11. The molecule has 5 nitrogen and oxygen atoms in total. The summed E-state index contributed by atoms with van der Waals surface area (Å²) in [4.78, 5) is 10.6. The van der Waals surface area contributed by atoms with Crippen LogP contribution in [-0.4, -0.2) is 28.4 Å². The minimum absolute atomic E-state index is 0.0156. The van der Waals surface area contributed by atoms with Crippen LogP contribution in [0, 0.1) is 0 Å². The highest BCUT2D eigenvalue weighted by atomic mass is 19.4. The smallest absolute Gasteiger partial charge is 0.435 e. The number of alkyl halides is 3. The van der Waals surface area contributed by atoms with Gasteiger partial charge in [-0.15, -0.1) is 5.10 Å². The Labute approximate surface area is 105 Å². The van der Waals surface area contributed by atoms with Gasteiger partial charge in [0.15, 0.2) is 17.7 Å². The molecule has 0 fully saturated rings. The van der Waals surface area contributed by atoms with Crippen LogP contribution in [0.1, 0.15) is 16.2 Å². The Morgan fingerprint density at radius 3 is 2.58 bits per heavy atom. The molecule has 0 radical (unpaired) electrons. The number of rotatable bonds is 3. The summed E-state index contributed by atoms with van der Waals surface area (Å²) >= 11 is 0. The summed E-state index contributed by atoms with van der Waals surface area (Å²) in [6.45, 7) is 0. The molecular formula is C11H8F3N3O2. The Bertz CT molecular complexity index is 607. The lowest BCUT2D eigenvalue weighted by Crippen LogP contribution is -2.15. The van der Waals surface area contributed by atoms with Crippen molar-refractivity contribution in [3.8, 4) is 11.4 Å². The van der Waals surface area contributed by atoms with Crippen LogP contribution < -0.4 is 4.74 Å². The summed E-state index contributed by atoms with van der Waals surface area (Å²) in [5.74, 6) is 0.190. The molecule has 0 atom stereocenters. The topological polar surface area (TPSA) is 57.0 Å². The van der Waals surface area contributed by atoms with Crippen LogP contribution in [0.3, 0.4) is 0 Å². The van der Waals surface area contributed by atoms with E-state index in [0.29, 0.717) is 4.68 Å². The number of ether oxygens (including phenoxy) is 1. The second-order valence-corrected chi connectivity index (χ2v) is 3.52. The van der Waals surface area contributed by atoms with Gasteiger partial charge in [-0.2, -0.15) is 13.2 Å². The van der Waals surface area contributed by atoms with Gasteiger partial charge in [0.2, 0.25) is 0 Å². The standard InChI is InChI=1S/C11H8F3N3O2/c1-19-9-5-3-2-4-8(9)17-10(11(12,13)14)7(6-18)15-16-17/h2-6H,1H3. The van der Waals surface area contributed by atoms with E-state index >= 15 is 0 Å². The van der Waals surface area contributed by atoms with E-state index in [9.17, 15) is 18.0 Å². The highest BCUT2D eigenvalue weighted by Crippen LogP contribution is 2.34. The molecule has 0 unspecified atom stereocenters. The Hall–Kier alpha value is -2.38. The first kappa shape index (κ1) is 13.1. The number of hydrogen-bond acceptors (Lipinski definition) is 4. The average Bonchev–Trinajstić information content (AvgIpc) is 2.82. The van der Waals surface area contributed by atoms with Gasteiger partial charge in [0.25, 0.3) is 0 Å². The molecule has 100 valence electrons. The van der Waals surface area contributed by atoms with Gasteiger partial charge in [0, 0.05) is 0 Å². The van der Waals surface area contributed by atoms with Crippen molar-refractivity contribution in [3.63, 3.8) is 0 Å². The number of methoxy groups -OCH3 is 1. The Kier molecular flexibility index (Phi) is 3.24. The fourth-order valence-corrected chi connectivity index (χ4v) is 1.61. The van der Waals surface area contributed by atoms with Gasteiger partial charge in [-0.1, -0.05) is 17.3 Å². The molecule has 1 aromatic carbocycles. The maximum atomic E-state index is 12.9. The summed E-state index contributed by atoms with van der Waals surface area (Å²) in [5, 5.41) is 6.59. The molecule has 0 amide bonds. The molecule has 2 rings (SSSR count). The highest BCUT2D eigenvalue weighted by Gasteiger charge is 2.40. The molecule has 1 aromatic heterocycles. The van der Waals surface area contributed by atoms with Crippen molar-refractivity contribution in [3.05, 3.63) is 35.7 Å². The Morgan fingerprint density at radius 2 is 2.00 bits per heavy atom. The van der Waals surface area contributed by atoms with Crippen LogP contribution in [0.25, 0.3) is 5.69 Å². The Balaban J connectivity index is 2.70. The van der Waals surface area contributed by atoms with Crippen LogP contribution in [0.15, 0.2) is 24.3 Å². The second kappa shape index (κ2) is 4.71. The molecule has 2 aromatic rings. The van der Waals surface area contributed by atoms with Crippen molar-refractivity contribution in [2.75, 3.05) is 7.11 Å². The lowest BCUT2D eigenvalue weighted by atomic mass is 10.2. The molecule has 0 saturated heterocycles. The van der Waals surface area contributed by atoms with E-state index < -0.39 is 17.6 Å². The SMILES string of the molecule is COc1ccccc1-n1nnc(C=O)c1C(F)(F)F. The zero-order chi connectivity index (χ0) is 14.0. The van der Waals surface area contributed by atoms with Crippen LogP contribution in [0.5, 0.6) is 5.75 Å². The van der Waals surface area contributed by atoms with Crippen molar-refractivity contribution in [1.29, 1.82) is 0 Å². The molecule has 0 spiro atoms. The molecule has 19 heavy (non-hydrogen) atoms. The third-order valence-corrected chi connectivity index (χ3v) is 2.39. The molecule has 1 heterocycles. The molecule has 8 heteroatoms. The fourth-order valence-electron chi connectivity index (χ4n) is 1.61. The zero-order valence-electron chi connectivity index (χ0n) is 9.68. The zero-order valence-corrected chi connectivity index (χ0v) is 9.68. The van der Waals surface area contributed by atoms with E-state index in [1.807, 2.05) is 0 Å². The van der Waals surface area contributed by atoms with E-state index in [-0.39, 0.29) is 17.7 Å². The number of nitrogens with zero attached hydrogens (tertiary/aromatic N) is 3. The number of hydrogen-bond donors (Lipinski definition) is 0. The van der Waals surface area contributed by atoms with Crippen LogP contribution in [-0.2, 0) is 6.18 Å². The van der Waals surface area contributed by atoms with Crippen molar-refractivity contribution < 1.29 is 22.7 Å². The largest absolute Gasteiger partial charge is 0.494 e. The quantitative estimate of drug-likeness (QED) is 0.802. The normalized spacial score (nSPS) is 11.4.